The van der Waals surface area contributed by atoms with Crippen LogP contribution in [0.1, 0.15) is 18.4 Å². The Labute approximate surface area is 200 Å². The van der Waals surface area contributed by atoms with Gasteiger partial charge in [-0.2, -0.15) is 12.7 Å². The number of aryl methyl sites for hydroxylation is 1. The molecule has 0 amide bonds. The van der Waals surface area contributed by atoms with Gasteiger partial charge in [0, 0.05) is 25.5 Å². The molecule has 0 radical (unpaired) electrons. The molecule has 1 saturated carbocycles. The van der Waals surface area contributed by atoms with Crippen molar-refractivity contribution in [2.24, 2.45) is 0 Å². The molecule has 1 aromatic carbocycles. The van der Waals surface area contributed by atoms with Gasteiger partial charge in [-0.25, -0.2) is 19.9 Å². The van der Waals surface area contributed by atoms with Gasteiger partial charge in [-0.3, -0.25) is 4.72 Å². The Morgan fingerprint density at radius 2 is 1.73 bits per heavy atom. The first-order valence-electron chi connectivity index (χ1n) is 10.2. The number of nitrogens with zero attached hydrogens (tertiary/aromatic N) is 5. The van der Waals surface area contributed by atoms with Crippen molar-refractivity contribution in [2.45, 2.75) is 25.8 Å². The van der Waals surface area contributed by atoms with Crippen LogP contribution < -0.4 is 14.2 Å². The van der Waals surface area contributed by atoms with Crippen LogP contribution in [0.25, 0.3) is 11.1 Å². The molecule has 0 atom stereocenters. The molecule has 10 nitrogen and oxygen atoms in total. The van der Waals surface area contributed by atoms with Crippen LogP contribution in [0, 0.1) is 6.92 Å². The van der Waals surface area contributed by atoms with E-state index in [9.17, 15) is 8.42 Å². The van der Waals surface area contributed by atoms with Crippen LogP contribution in [0.15, 0.2) is 47.5 Å². The van der Waals surface area contributed by atoms with E-state index in [1.807, 2.05) is 31.2 Å². The van der Waals surface area contributed by atoms with Crippen molar-refractivity contribution in [1.29, 1.82) is 0 Å². The number of aromatic nitrogens is 4. The van der Waals surface area contributed by atoms with Gasteiger partial charge in [-0.1, -0.05) is 29.8 Å². The van der Waals surface area contributed by atoms with E-state index in [0.29, 0.717) is 5.56 Å². The molecule has 0 unspecified atom stereocenters. The van der Waals surface area contributed by atoms with Gasteiger partial charge in [0.15, 0.2) is 5.82 Å². The molecule has 4 rings (SSSR count). The van der Waals surface area contributed by atoms with Crippen LogP contribution in [0.4, 0.5) is 5.82 Å². The lowest BCUT2D eigenvalue weighted by Crippen LogP contribution is -2.34. The Bertz CT molecular complexity index is 1200. The highest BCUT2D eigenvalue weighted by molar-refractivity contribution is 9.10. The third-order valence-corrected chi connectivity index (χ3v) is 6.89. The minimum atomic E-state index is -3.78. The summed E-state index contributed by atoms with van der Waals surface area (Å²) in [4.78, 5) is 16.5. The molecule has 0 spiro atoms. The number of halogens is 1. The molecule has 174 valence electrons. The fraction of sp³-hybridized carbons (Fsp3) is 0.333. The first kappa shape index (κ1) is 23.3. The first-order chi connectivity index (χ1) is 15.8. The summed E-state index contributed by atoms with van der Waals surface area (Å²) in [5.41, 5.74) is 2.24. The molecule has 2 aromatic heterocycles. The predicted octanol–water partition coefficient (Wildman–Crippen LogP) is 3.21. The Balaban J connectivity index is 1.55. The normalized spacial score (nSPS) is 13.7. The summed E-state index contributed by atoms with van der Waals surface area (Å²) >= 11 is 3.27. The molecule has 3 aromatic rings. The third kappa shape index (κ3) is 5.95. The van der Waals surface area contributed by atoms with E-state index >= 15 is 0 Å². The molecular formula is C21H23BrN6O4S. The van der Waals surface area contributed by atoms with Crippen molar-refractivity contribution in [3.63, 3.8) is 0 Å². The van der Waals surface area contributed by atoms with E-state index in [1.165, 1.54) is 10.6 Å². The highest BCUT2D eigenvalue weighted by Crippen LogP contribution is 2.35. The molecule has 1 N–H and O–H groups in total. The number of rotatable bonds is 10. The van der Waals surface area contributed by atoms with Crippen molar-refractivity contribution >= 4 is 32.0 Å². The zero-order chi connectivity index (χ0) is 23.4. The monoisotopic (exact) mass is 534 g/mol. The Kier molecular flexibility index (Phi) is 7.05. The van der Waals surface area contributed by atoms with Gasteiger partial charge < -0.3 is 9.47 Å². The molecule has 33 heavy (non-hydrogen) atoms. The van der Waals surface area contributed by atoms with Crippen molar-refractivity contribution in [3.8, 4) is 23.0 Å². The SMILES string of the molecule is Cc1ccc(-c2c(NS(=O)(=O)N(C)C3CC3)ncnc2OCCOc2ncc(Br)cn2)cc1. The van der Waals surface area contributed by atoms with Crippen LogP contribution in [0.2, 0.25) is 0 Å². The Morgan fingerprint density at radius 1 is 1.06 bits per heavy atom. The smallest absolute Gasteiger partial charge is 0.316 e. The molecule has 1 fully saturated rings. The van der Waals surface area contributed by atoms with E-state index in [1.54, 1.807) is 19.4 Å². The van der Waals surface area contributed by atoms with Gasteiger partial charge in [-0.15, -0.1) is 0 Å². The molecule has 1 aliphatic rings. The van der Waals surface area contributed by atoms with Crippen molar-refractivity contribution in [1.82, 2.24) is 24.2 Å². The van der Waals surface area contributed by atoms with Crippen LogP contribution in [0.3, 0.4) is 0 Å². The fourth-order valence-corrected chi connectivity index (χ4v) is 4.36. The summed E-state index contributed by atoms with van der Waals surface area (Å²) in [6.45, 7) is 2.28. The van der Waals surface area contributed by atoms with Gasteiger partial charge in [0.2, 0.25) is 5.88 Å². The van der Waals surface area contributed by atoms with E-state index in [0.717, 1.165) is 28.4 Å². The number of ether oxygens (including phenoxy) is 2. The molecule has 0 saturated heterocycles. The highest BCUT2D eigenvalue weighted by Gasteiger charge is 2.35. The maximum Gasteiger partial charge on any atom is 0.316 e. The molecule has 12 heteroatoms. The van der Waals surface area contributed by atoms with Crippen LogP contribution in [-0.2, 0) is 10.2 Å². The van der Waals surface area contributed by atoms with Gasteiger partial charge in [0.1, 0.15) is 19.5 Å². The lowest BCUT2D eigenvalue weighted by molar-refractivity contribution is 0.202. The molecule has 0 aliphatic heterocycles. The largest absolute Gasteiger partial charge is 0.473 e. The average Bonchev–Trinajstić information content (AvgIpc) is 3.63. The zero-order valence-electron chi connectivity index (χ0n) is 18.1. The predicted molar refractivity (Wildman–Crippen MR) is 126 cm³/mol. The van der Waals surface area contributed by atoms with E-state index in [2.05, 4.69) is 40.6 Å². The fourth-order valence-electron chi connectivity index (χ4n) is 3.01. The van der Waals surface area contributed by atoms with Gasteiger partial charge in [0.05, 0.1) is 10.0 Å². The summed E-state index contributed by atoms with van der Waals surface area (Å²) in [6, 6.07) is 7.83. The summed E-state index contributed by atoms with van der Waals surface area (Å²) in [5, 5.41) is 0. The summed E-state index contributed by atoms with van der Waals surface area (Å²) in [6.07, 6.45) is 6.13. The van der Waals surface area contributed by atoms with E-state index in [4.69, 9.17) is 9.47 Å². The standard InChI is InChI=1S/C21H23BrN6O4S/c1-14-3-5-15(6-4-14)18-19(27-33(29,30)28(2)17-7-8-17)25-13-26-20(18)31-9-10-32-21-23-11-16(22)12-24-21/h3-6,11-13,17H,7-10H2,1-2H3,(H,25,26,27). The van der Waals surface area contributed by atoms with Gasteiger partial charge in [0.25, 0.3) is 0 Å². The summed E-state index contributed by atoms with van der Waals surface area (Å²) < 4.78 is 41.7. The quantitative estimate of drug-likeness (QED) is 0.393. The molecular weight excluding hydrogens is 512 g/mol. The second-order valence-corrected chi connectivity index (χ2v) is 10.1. The van der Waals surface area contributed by atoms with Crippen molar-refractivity contribution in [3.05, 3.63) is 53.0 Å². The van der Waals surface area contributed by atoms with Crippen molar-refractivity contribution in [2.75, 3.05) is 25.0 Å². The zero-order valence-corrected chi connectivity index (χ0v) is 20.5. The Hall–Kier alpha value is -2.83. The first-order valence-corrected chi connectivity index (χ1v) is 12.5. The molecule has 2 heterocycles. The van der Waals surface area contributed by atoms with Crippen LogP contribution in [0.5, 0.6) is 11.9 Å². The summed E-state index contributed by atoms with van der Waals surface area (Å²) in [7, 11) is -2.22. The third-order valence-electron chi connectivity index (χ3n) is 4.97. The molecule has 0 bridgehead atoms. The second-order valence-electron chi connectivity index (χ2n) is 7.50. The number of hydrogen-bond acceptors (Lipinski definition) is 8. The van der Waals surface area contributed by atoms with Gasteiger partial charge >= 0.3 is 16.2 Å². The van der Waals surface area contributed by atoms with Crippen LogP contribution >= 0.6 is 15.9 Å². The van der Waals surface area contributed by atoms with E-state index < -0.39 is 10.2 Å². The lowest BCUT2D eigenvalue weighted by Gasteiger charge is -2.20. The van der Waals surface area contributed by atoms with Gasteiger partial charge in [-0.05, 0) is 41.3 Å². The summed E-state index contributed by atoms with van der Waals surface area (Å²) in [5.74, 6) is 0.384. The Morgan fingerprint density at radius 3 is 2.39 bits per heavy atom. The topological polar surface area (TPSA) is 119 Å². The average molecular weight is 535 g/mol. The number of hydrogen-bond donors (Lipinski definition) is 1. The van der Waals surface area contributed by atoms with Crippen LogP contribution in [-0.4, -0.2) is 59.0 Å². The van der Waals surface area contributed by atoms with E-state index in [-0.39, 0.29) is 37.0 Å². The maximum atomic E-state index is 12.8. The minimum absolute atomic E-state index is 0.0147. The highest BCUT2D eigenvalue weighted by atomic mass is 79.9. The lowest BCUT2D eigenvalue weighted by atomic mass is 10.1. The second kappa shape index (κ2) is 9.98. The minimum Gasteiger partial charge on any atom is -0.473 e. The molecule has 1 aliphatic carbocycles. The van der Waals surface area contributed by atoms with Crippen molar-refractivity contribution < 1.29 is 17.9 Å². The number of anilines is 1. The number of benzene rings is 1. The number of nitrogens with one attached hydrogen (secondary N) is 1. The maximum absolute atomic E-state index is 12.8.